The van der Waals surface area contributed by atoms with Crippen LogP contribution in [0.1, 0.15) is 32.4 Å². The van der Waals surface area contributed by atoms with Gasteiger partial charge in [-0.3, -0.25) is 4.57 Å². The monoisotopic (exact) mass is 327 g/mol. The fourth-order valence-corrected chi connectivity index (χ4v) is 2.56. The van der Waals surface area contributed by atoms with Crippen molar-refractivity contribution in [2.75, 3.05) is 19.0 Å². The maximum absolute atomic E-state index is 10.3. The van der Waals surface area contributed by atoms with E-state index in [0.717, 1.165) is 18.7 Å². The van der Waals surface area contributed by atoms with Crippen LogP contribution in [-0.2, 0) is 0 Å². The molecule has 1 atom stereocenters. The minimum Gasteiger partial charge on any atom is -0.373 e. The lowest BCUT2D eigenvalue weighted by molar-refractivity contribution is 0.0931. The molecule has 2 aromatic rings. The fourth-order valence-electron chi connectivity index (χ4n) is 1.98. The Hall–Kier alpha value is -1.21. The fraction of sp³-hybridized carbons (Fsp3) is 0.583. The lowest BCUT2D eigenvalue weighted by Crippen LogP contribution is -2.12. The van der Waals surface area contributed by atoms with E-state index in [-0.39, 0.29) is 0 Å². The SMILES string of the molecule is CCCCC(O)n1c(Br)nc2c(N(C)C)ncnc21. The first kappa shape index (κ1) is 14.2. The summed E-state index contributed by atoms with van der Waals surface area (Å²) in [6, 6.07) is 0. The highest BCUT2D eigenvalue weighted by molar-refractivity contribution is 9.10. The van der Waals surface area contributed by atoms with Gasteiger partial charge in [0.15, 0.2) is 21.7 Å². The van der Waals surface area contributed by atoms with Crippen LogP contribution in [0.25, 0.3) is 11.2 Å². The summed E-state index contributed by atoms with van der Waals surface area (Å²) in [6.07, 6.45) is 3.55. The Bertz CT molecular complexity index is 568. The normalized spacial score (nSPS) is 12.9. The van der Waals surface area contributed by atoms with Gasteiger partial charge in [-0.25, -0.2) is 15.0 Å². The van der Waals surface area contributed by atoms with Crippen molar-refractivity contribution in [3.8, 4) is 0 Å². The lowest BCUT2D eigenvalue weighted by Gasteiger charge is -2.14. The summed E-state index contributed by atoms with van der Waals surface area (Å²) < 4.78 is 2.29. The van der Waals surface area contributed by atoms with Crippen molar-refractivity contribution < 1.29 is 5.11 Å². The molecule has 104 valence electrons. The summed E-state index contributed by atoms with van der Waals surface area (Å²) in [5, 5.41) is 10.3. The Morgan fingerprint density at radius 1 is 1.42 bits per heavy atom. The van der Waals surface area contributed by atoms with Gasteiger partial charge in [0.25, 0.3) is 0 Å². The molecule has 0 radical (unpaired) electrons. The number of anilines is 1. The molecule has 2 rings (SSSR count). The van der Waals surface area contributed by atoms with Gasteiger partial charge in [-0.1, -0.05) is 13.3 Å². The molecule has 6 nitrogen and oxygen atoms in total. The second-order valence-electron chi connectivity index (χ2n) is 4.64. The molecule has 0 aliphatic heterocycles. The predicted octanol–water partition coefficient (Wildman–Crippen LogP) is 2.34. The Balaban J connectivity index is 2.50. The predicted molar refractivity (Wildman–Crippen MR) is 78.1 cm³/mol. The van der Waals surface area contributed by atoms with Gasteiger partial charge < -0.3 is 10.0 Å². The third kappa shape index (κ3) is 2.71. The number of aliphatic hydroxyl groups excluding tert-OH is 1. The van der Waals surface area contributed by atoms with Gasteiger partial charge >= 0.3 is 0 Å². The Morgan fingerprint density at radius 3 is 2.79 bits per heavy atom. The maximum Gasteiger partial charge on any atom is 0.181 e. The molecule has 0 fully saturated rings. The van der Waals surface area contributed by atoms with E-state index < -0.39 is 6.23 Å². The van der Waals surface area contributed by atoms with Crippen LogP contribution in [0.4, 0.5) is 5.82 Å². The van der Waals surface area contributed by atoms with E-state index >= 15 is 0 Å². The zero-order valence-electron chi connectivity index (χ0n) is 11.3. The molecule has 2 aromatic heterocycles. The molecule has 1 unspecified atom stereocenters. The first-order valence-electron chi connectivity index (χ1n) is 6.30. The topological polar surface area (TPSA) is 67.1 Å². The second kappa shape index (κ2) is 5.83. The molecule has 0 bridgehead atoms. The molecule has 2 heterocycles. The number of aliphatic hydroxyl groups is 1. The molecular weight excluding hydrogens is 310 g/mol. The minimum atomic E-state index is -0.621. The molecule has 1 N–H and O–H groups in total. The molecular formula is C12H18BrN5O. The lowest BCUT2D eigenvalue weighted by atomic mass is 10.2. The summed E-state index contributed by atoms with van der Waals surface area (Å²) in [5.74, 6) is 0.743. The van der Waals surface area contributed by atoms with E-state index in [1.54, 1.807) is 4.57 Å². The van der Waals surface area contributed by atoms with Crippen molar-refractivity contribution in [1.29, 1.82) is 0 Å². The van der Waals surface area contributed by atoms with E-state index in [1.807, 2.05) is 19.0 Å². The number of imidazole rings is 1. The van der Waals surface area contributed by atoms with Gasteiger partial charge in [-0.05, 0) is 28.8 Å². The summed E-state index contributed by atoms with van der Waals surface area (Å²) in [5.41, 5.74) is 1.34. The first-order chi connectivity index (χ1) is 9.06. The molecule has 19 heavy (non-hydrogen) atoms. The highest BCUT2D eigenvalue weighted by Gasteiger charge is 2.19. The van der Waals surface area contributed by atoms with Crippen molar-refractivity contribution in [2.24, 2.45) is 0 Å². The van der Waals surface area contributed by atoms with Crippen molar-refractivity contribution in [3.05, 3.63) is 11.1 Å². The smallest absolute Gasteiger partial charge is 0.181 e. The molecule has 0 aromatic carbocycles. The number of rotatable bonds is 5. The summed E-state index contributed by atoms with van der Waals surface area (Å²) in [7, 11) is 3.81. The van der Waals surface area contributed by atoms with E-state index in [2.05, 4.69) is 37.8 Å². The van der Waals surface area contributed by atoms with Crippen LogP contribution >= 0.6 is 15.9 Å². The van der Waals surface area contributed by atoms with Gasteiger partial charge in [0.2, 0.25) is 0 Å². The van der Waals surface area contributed by atoms with Gasteiger partial charge in [-0.2, -0.15) is 0 Å². The van der Waals surface area contributed by atoms with E-state index in [9.17, 15) is 5.11 Å². The second-order valence-corrected chi connectivity index (χ2v) is 5.35. The van der Waals surface area contributed by atoms with Crippen LogP contribution in [-0.4, -0.2) is 38.7 Å². The van der Waals surface area contributed by atoms with Gasteiger partial charge in [0, 0.05) is 14.1 Å². The van der Waals surface area contributed by atoms with Crippen molar-refractivity contribution in [1.82, 2.24) is 19.5 Å². The molecule has 0 spiro atoms. The van der Waals surface area contributed by atoms with Crippen molar-refractivity contribution >= 4 is 32.9 Å². The third-order valence-electron chi connectivity index (χ3n) is 2.95. The molecule has 0 aliphatic carbocycles. The van der Waals surface area contributed by atoms with Crippen LogP contribution in [0.2, 0.25) is 0 Å². The number of fused-ring (bicyclic) bond motifs is 1. The van der Waals surface area contributed by atoms with Crippen molar-refractivity contribution in [2.45, 2.75) is 32.4 Å². The zero-order valence-corrected chi connectivity index (χ0v) is 12.9. The third-order valence-corrected chi connectivity index (χ3v) is 3.51. The maximum atomic E-state index is 10.3. The van der Waals surface area contributed by atoms with Crippen molar-refractivity contribution in [3.63, 3.8) is 0 Å². The van der Waals surface area contributed by atoms with E-state index in [4.69, 9.17) is 0 Å². The number of unbranched alkanes of at least 4 members (excludes halogenated alkanes) is 1. The average molecular weight is 328 g/mol. The Kier molecular flexibility index (Phi) is 4.36. The first-order valence-corrected chi connectivity index (χ1v) is 7.09. The van der Waals surface area contributed by atoms with Crippen LogP contribution in [0.15, 0.2) is 11.1 Å². The number of halogens is 1. The highest BCUT2D eigenvalue weighted by Crippen LogP contribution is 2.28. The van der Waals surface area contributed by atoms with Gasteiger partial charge in [-0.15, -0.1) is 0 Å². The molecule has 0 saturated carbocycles. The largest absolute Gasteiger partial charge is 0.373 e. The average Bonchev–Trinajstić information content (AvgIpc) is 2.71. The minimum absolute atomic E-state index is 0.578. The zero-order chi connectivity index (χ0) is 14.0. The summed E-state index contributed by atoms with van der Waals surface area (Å²) in [4.78, 5) is 14.8. The number of hydrogen-bond acceptors (Lipinski definition) is 5. The molecule has 0 saturated heterocycles. The van der Waals surface area contributed by atoms with Crippen LogP contribution in [0, 0.1) is 0 Å². The number of aromatic nitrogens is 4. The van der Waals surface area contributed by atoms with E-state index in [0.29, 0.717) is 22.3 Å². The highest BCUT2D eigenvalue weighted by atomic mass is 79.9. The van der Waals surface area contributed by atoms with Gasteiger partial charge in [0.05, 0.1) is 0 Å². The van der Waals surface area contributed by atoms with Gasteiger partial charge in [0.1, 0.15) is 12.6 Å². The Labute approximate surface area is 120 Å². The number of nitrogens with zero attached hydrogens (tertiary/aromatic N) is 5. The van der Waals surface area contributed by atoms with Crippen LogP contribution < -0.4 is 4.90 Å². The molecule has 0 amide bonds. The standard InChI is InChI=1S/C12H18BrN5O/c1-4-5-6-8(19)18-11-9(16-12(18)13)10(17(2)3)14-7-15-11/h7-8,19H,4-6H2,1-3H3. The number of hydrogen-bond donors (Lipinski definition) is 1. The van der Waals surface area contributed by atoms with E-state index in [1.165, 1.54) is 6.33 Å². The van der Waals surface area contributed by atoms with Crippen LogP contribution in [0.5, 0.6) is 0 Å². The Morgan fingerprint density at radius 2 is 2.16 bits per heavy atom. The molecule has 7 heteroatoms. The quantitative estimate of drug-likeness (QED) is 0.854. The summed E-state index contributed by atoms with van der Waals surface area (Å²) >= 11 is 3.39. The molecule has 0 aliphatic rings. The summed E-state index contributed by atoms with van der Waals surface area (Å²) in [6.45, 7) is 2.10. The van der Waals surface area contributed by atoms with Crippen LogP contribution in [0.3, 0.4) is 0 Å².